The first kappa shape index (κ1) is 16.9. The van der Waals surface area contributed by atoms with Crippen molar-refractivity contribution in [1.29, 1.82) is 0 Å². The van der Waals surface area contributed by atoms with Crippen LogP contribution in [0.5, 0.6) is 0 Å². The van der Waals surface area contributed by atoms with Crippen molar-refractivity contribution in [3.63, 3.8) is 0 Å². The predicted octanol–water partition coefficient (Wildman–Crippen LogP) is 3.23. The lowest BCUT2D eigenvalue weighted by Crippen LogP contribution is -2.25. The lowest BCUT2D eigenvalue weighted by Gasteiger charge is -2.13. The first-order valence-electron chi connectivity index (χ1n) is 7.17. The zero-order valence-electron chi connectivity index (χ0n) is 12.5. The third-order valence-corrected chi connectivity index (χ3v) is 3.20. The molecular weight excluding hydrogens is 307 g/mol. The van der Waals surface area contributed by atoms with Gasteiger partial charge in [-0.25, -0.2) is 9.97 Å². The van der Waals surface area contributed by atoms with Gasteiger partial charge in [-0.2, -0.15) is 13.2 Å². The van der Waals surface area contributed by atoms with Crippen LogP contribution in [0.25, 0.3) is 11.4 Å². The molecule has 4 nitrogen and oxygen atoms in total. The van der Waals surface area contributed by atoms with E-state index in [4.69, 9.17) is 0 Å². The van der Waals surface area contributed by atoms with Gasteiger partial charge in [0.2, 0.25) is 5.91 Å². The number of halogens is 3. The van der Waals surface area contributed by atoms with Crippen molar-refractivity contribution in [2.75, 3.05) is 6.54 Å². The largest absolute Gasteiger partial charge is 0.433 e. The Kier molecular flexibility index (Phi) is 5.31. The third-order valence-electron chi connectivity index (χ3n) is 3.20. The van der Waals surface area contributed by atoms with Crippen LogP contribution in [0.15, 0.2) is 36.5 Å². The van der Waals surface area contributed by atoms with Crippen LogP contribution in [-0.2, 0) is 17.4 Å². The summed E-state index contributed by atoms with van der Waals surface area (Å²) in [7, 11) is 0. The normalized spacial score (nSPS) is 11.3. The molecule has 0 saturated heterocycles. The fraction of sp³-hybridized carbons (Fsp3) is 0.312. The molecule has 2 aromatic rings. The summed E-state index contributed by atoms with van der Waals surface area (Å²) in [4.78, 5) is 18.9. The zero-order chi connectivity index (χ0) is 16.9. The third kappa shape index (κ3) is 4.51. The van der Waals surface area contributed by atoms with Crippen molar-refractivity contribution >= 4 is 5.91 Å². The van der Waals surface area contributed by atoms with Crippen molar-refractivity contribution in [1.82, 2.24) is 15.3 Å². The van der Waals surface area contributed by atoms with Gasteiger partial charge in [0.05, 0.1) is 0 Å². The highest BCUT2D eigenvalue weighted by Gasteiger charge is 2.36. The van der Waals surface area contributed by atoms with Crippen LogP contribution in [0.2, 0.25) is 0 Å². The van der Waals surface area contributed by atoms with E-state index in [2.05, 4.69) is 15.3 Å². The summed E-state index contributed by atoms with van der Waals surface area (Å²) in [6.07, 6.45) is -3.09. The molecule has 0 aliphatic heterocycles. The van der Waals surface area contributed by atoms with E-state index < -0.39 is 11.9 Å². The highest BCUT2D eigenvalue weighted by Crippen LogP contribution is 2.31. The molecule has 7 heteroatoms. The van der Waals surface area contributed by atoms with Crippen LogP contribution < -0.4 is 5.32 Å². The fourth-order valence-electron chi connectivity index (χ4n) is 2.02. The molecule has 1 heterocycles. The summed E-state index contributed by atoms with van der Waals surface area (Å²) in [5.41, 5.74) is -0.477. The average Bonchev–Trinajstić information content (AvgIpc) is 2.54. The Morgan fingerprint density at radius 1 is 1.22 bits per heavy atom. The molecule has 122 valence electrons. The minimum Gasteiger partial charge on any atom is -0.356 e. The zero-order valence-corrected chi connectivity index (χ0v) is 12.5. The van der Waals surface area contributed by atoms with E-state index in [0.29, 0.717) is 5.56 Å². The SMILES string of the molecule is CCC(=O)NCCc1cnc(-c2ccccc2)nc1C(F)(F)F. The molecule has 0 atom stereocenters. The summed E-state index contributed by atoms with van der Waals surface area (Å²) in [6, 6.07) is 8.48. The molecule has 0 aliphatic rings. The molecule has 0 saturated carbocycles. The molecular formula is C16H16F3N3O. The number of aromatic nitrogens is 2. The number of nitrogens with zero attached hydrogens (tertiary/aromatic N) is 2. The van der Waals surface area contributed by atoms with E-state index in [-0.39, 0.29) is 36.7 Å². The van der Waals surface area contributed by atoms with E-state index in [1.807, 2.05) is 0 Å². The van der Waals surface area contributed by atoms with Gasteiger partial charge in [-0.15, -0.1) is 0 Å². The summed E-state index contributed by atoms with van der Waals surface area (Å²) in [5.74, 6) is -0.181. The number of rotatable bonds is 5. The molecule has 2 rings (SSSR count). The smallest absolute Gasteiger partial charge is 0.356 e. The summed E-state index contributed by atoms with van der Waals surface area (Å²) in [6.45, 7) is 1.79. The van der Waals surface area contributed by atoms with Gasteiger partial charge in [0, 0.05) is 30.3 Å². The standard InChI is InChI=1S/C16H16F3N3O/c1-2-13(23)20-9-8-12-10-21-15(11-6-4-3-5-7-11)22-14(12)16(17,18)19/h3-7,10H,2,8-9H2,1H3,(H,20,23). The number of benzene rings is 1. The Labute approximate surface area is 131 Å². The number of carbonyl (C=O) groups excluding carboxylic acids is 1. The molecule has 1 aromatic heterocycles. The van der Waals surface area contributed by atoms with Crippen molar-refractivity contribution in [2.45, 2.75) is 25.9 Å². The molecule has 0 fully saturated rings. The van der Waals surface area contributed by atoms with Crippen LogP contribution in [0.1, 0.15) is 24.6 Å². The van der Waals surface area contributed by atoms with E-state index >= 15 is 0 Å². The maximum Gasteiger partial charge on any atom is 0.433 e. The molecule has 1 aromatic carbocycles. The van der Waals surface area contributed by atoms with Gasteiger partial charge in [0.15, 0.2) is 11.5 Å². The summed E-state index contributed by atoms with van der Waals surface area (Å²) in [5, 5.41) is 2.54. The monoisotopic (exact) mass is 323 g/mol. The molecule has 0 unspecified atom stereocenters. The second-order valence-electron chi connectivity index (χ2n) is 4.88. The minimum absolute atomic E-state index is 0.0235. The predicted molar refractivity (Wildman–Crippen MR) is 79.5 cm³/mol. The van der Waals surface area contributed by atoms with Crippen molar-refractivity contribution in [3.8, 4) is 11.4 Å². The van der Waals surface area contributed by atoms with E-state index in [9.17, 15) is 18.0 Å². The Morgan fingerprint density at radius 3 is 2.52 bits per heavy atom. The Balaban J connectivity index is 2.27. The lowest BCUT2D eigenvalue weighted by atomic mass is 10.1. The molecule has 23 heavy (non-hydrogen) atoms. The summed E-state index contributed by atoms with van der Waals surface area (Å²) < 4.78 is 39.7. The first-order valence-corrected chi connectivity index (χ1v) is 7.17. The average molecular weight is 323 g/mol. The van der Waals surface area contributed by atoms with Gasteiger partial charge in [0.1, 0.15) is 0 Å². The van der Waals surface area contributed by atoms with E-state index in [0.717, 1.165) is 0 Å². The van der Waals surface area contributed by atoms with Crippen LogP contribution >= 0.6 is 0 Å². The first-order chi connectivity index (χ1) is 10.9. The Bertz CT molecular complexity index is 672. The van der Waals surface area contributed by atoms with E-state index in [1.165, 1.54) is 6.20 Å². The van der Waals surface area contributed by atoms with Gasteiger partial charge >= 0.3 is 6.18 Å². The molecule has 0 bridgehead atoms. The molecule has 1 N–H and O–H groups in total. The second-order valence-corrected chi connectivity index (χ2v) is 4.88. The number of hydrogen-bond acceptors (Lipinski definition) is 3. The molecule has 0 radical (unpaired) electrons. The van der Waals surface area contributed by atoms with Gasteiger partial charge in [-0.05, 0) is 6.42 Å². The van der Waals surface area contributed by atoms with Crippen molar-refractivity contribution in [2.24, 2.45) is 0 Å². The Hall–Kier alpha value is -2.44. The van der Waals surface area contributed by atoms with Crippen LogP contribution in [0.4, 0.5) is 13.2 Å². The minimum atomic E-state index is -4.57. The number of hydrogen-bond donors (Lipinski definition) is 1. The maximum absolute atomic E-state index is 13.2. The Morgan fingerprint density at radius 2 is 1.91 bits per heavy atom. The fourth-order valence-corrected chi connectivity index (χ4v) is 2.02. The highest BCUT2D eigenvalue weighted by atomic mass is 19.4. The van der Waals surface area contributed by atoms with Crippen LogP contribution in [-0.4, -0.2) is 22.4 Å². The summed E-state index contributed by atoms with van der Waals surface area (Å²) >= 11 is 0. The maximum atomic E-state index is 13.2. The molecule has 0 spiro atoms. The number of nitrogens with one attached hydrogen (secondary N) is 1. The van der Waals surface area contributed by atoms with Gasteiger partial charge in [-0.1, -0.05) is 37.3 Å². The lowest BCUT2D eigenvalue weighted by molar-refractivity contribution is -0.141. The number of alkyl halides is 3. The molecule has 1 amide bonds. The topological polar surface area (TPSA) is 54.9 Å². The van der Waals surface area contributed by atoms with Crippen LogP contribution in [0, 0.1) is 0 Å². The van der Waals surface area contributed by atoms with Gasteiger partial charge < -0.3 is 5.32 Å². The molecule has 0 aliphatic carbocycles. The van der Waals surface area contributed by atoms with Crippen LogP contribution in [0.3, 0.4) is 0 Å². The number of amides is 1. The highest BCUT2D eigenvalue weighted by molar-refractivity contribution is 5.75. The van der Waals surface area contributed by atoms with Gasteiger partial charge in [0.25, 0.3) is 0 Å². The number of carbonyl (C=O) groups is 1. The van der Waals surface area contributed by atoms with Gasteiger partial charge in [-0.3, -0.25) is 4.79 Å². The second kappa shape index (κ2) is 7.21. The van der Waals surface area contributed by atoms with Crippen molar-refractivity contribution < 1.29 is 18.0 Å². The van der Waals surface area contributed by atoms with E-state index in [1.54, 1.807) is 37.3 Å². The van der Waals surface area contributed by atoms with Crippen molar-refractivity contribution in [3.05, 3.63) is 47.8 Å². The quantitative estimate of drug-likeness (QED) is 0.919.